The maximum atomic E-state index is 14.9. The van der Waals surface area contributed by atoms with Gasteiger partial charge in [-0.2, -0.15) is 10.2 Å². The van der Waals surface area contributed by atoms with Gasteiger partial charge >= 0.3 is 0 Å². The number of nitrogens with one attached hydrogen (secondary N) is 1. The van der Waals surface area contributed by atoms with Gasteiger partial charge in [0.1, 0.15) is 29.9 Å². The van der Waals surface area contributed by atoms with E-state index in [2.05, 4.69) is 19.9 Å². The fourth-order valence-corrected chi connectivity index (χ4v) is 5.25. The van der Waals surface area contributed by atoms with Gasteiger partial charge in [0.15, 0.2) is 0 Å². The summed E-state index contributed by atoms with van der Waals surface area (Å²) in [4.78, 5) is 4.00. The molecule has 0 saturated heterocycles. The summed E-state index contributed by atoms with van der Waals surface area (Å²) >= 11 is 0. The number of halogens is 2. The average Bonchev–Trinajstić information content (AvgIpc) is 3.53. The highest BCUT2D eigenvalue weighted by atomic mass is 32.2. The lowest BCUT2D eigenvalue weighted by Gasteiger charge is -2.34. The third-order valence-corrected chi connectivity index (χ3v) is 7.58. The Kier molecular flexibility index (Phi) is 6.21. The lowest BCUT2D eigenvalue weighted by molar-refractivity contribution is -0.0366. The molecule has 0 bridgehead atoms. The zero-order chi connectivity index (χ0) is 26.2. The number of anilines is 1. The number of rotatable bonds is 8. The van der Waals surface area contributed by atoms with Gasteiger partial charge < -0.3 is 5.11 Å². The number of benzene rings is 3. The third-order valence-electron chi connectivity index (χ3n) is 6.18. The van der Waals surface area contributed by atoms with Crippen molar-refractivity contribution in [2.45, 2.75) is 30.0 Å². The number of hydrogen-bond acceptors (Lipinski definition) is 6. The summed E-state index contributed by atoms with van der Waals surface area (Å²) in [6, 6.07) is 14.9. The van der Waals surface area contributed by atoms with Crippen molar-refractivity contribution in [3.63, 3.8) is 0 Å². The number of nitrogens with zero attached hydrogens (tertiary/aromatic N) is 5. The number of aromatic nitrogens is 5. The molecule has 0 radical (unpaired) electrons. The Balaban J connectivity index is 1.51. The lowest BCUT2D eigenvalue weighted by atomic mass is 9.86. The van der Waals surface area contributed by atoms with Crippen molar-refractivity contribution in [2.75, 3.05) is 4.72 Å². The first-order chi connectivity index (χ1) is 17.7. The molecule has 2 aromatic heterocycles. The first-order valence-corrected chi connectivity index (χ1v) is 12.7. The molecule has 0 aliphatic carbocycles. The Hall–Kier alpha value is -4.16. The van der Waals surface area contributed by atoms with E-state index in [1.165, 1.54) is 40.2 Å². The molecule has 9 nitrogen and oxygen atoms in total. The van der Waals surface area contributed by atoms with Crippen LogP contribution in [0.25, 0.3) is 10.9 Å². The van der Waals surface area contributed by atoms with Gasteiger partial charge in [0.05, 0.1) is 23.0 Å². The fourth-order valence-electron chi connectivity index (χ4n) is 4.18. The van der Waals surface area contributed by atoms with Gasteiger partial charge in [0.2, 0.25) is 0 Å². The Bertz CT molecular complexity index is 1660. The summed E-state index contributed by atoms with van der Waals surface area (Å²) in [6.07, 6.45) is 4.28. The van der Waals surface area contributed by atoms with Gasteiger partial charge in [-0.15, -0.1) is 0 Å². The molecule has 5 rings (SSSR count). The van der Waals surface area contributed by atoms with Crippen molar-refractivity contribution in [1.29, 1.82) is 0 Å². The molecule has 2 atom stereocenters. The smallest absolute Gasteiger partial charge is 0.261 e. The molecular weight excluding hydrogens is 502 g/mol. The summed E-state index contributed by atoms with van der Waals surface area (Å²) in [5.41, 5.74) is -1.18. The van der Waals surface area contributed by atoms with Gasteiger partial charge in [-0.25, -0.2) is 26.9 Å². The van der Waals surface area contributed by atoms with Crippen molar-refractivity contribution in [3.05, 3.63) is 103 Å². The standard InChI is InChI=1S/C25H22F2N6O3S/c1-17(25(34,14-32-16-28-15-29-32)22-9-7-19(26)12-23(22)27)33-13-18-11-20(8-10-24(18)30-33)31-37(35,36)21-5-3-2-4-6-21/h2-13,15-17,31,34H,14H2,1H3/t17-,25-/m1/s1. The van der Waals surface area contributed by atoms with E-state index in [1.54, 1.807) is 49.5 Å². The van der Waals surface area contributed by atoms with Gasteiger partial charge in [-0.3, -0.25) is 9.40 Å². The molecule has 0 aliphatic rings. The zero-order valence-corrected chi connectivity index (χ0v) is 20.3. The van der Waals surface area contributed by atoms with Crippen LogP contribution in [-0.4, -0.2) is 38.1 Å². The number of hydrogen-bond donors (Lipinski definition) is 2. The largest absolute Gasteiger partial charge is 0.381 e. The second kappa shape index (κ2) is 9.37. The molecule has 2 heterocycles. The SMILES string of the molecule is C[C@@H](n1cc2cc(NS(=O)(=O)c3ccccc3)ccc2n1)[C@](O)(Cn1cncn1)c1ccc(F)cc1F. The summed E-state index contributed by atoms with van der Waals surface area (Å²) in [5.74, 6) is -1.68. The summed E-state index contributed by atoms with van der Waals surface area (Å²) in [7, 11) is -3.79. The van der Waals surface area contributed by atoms with Crippen LogP contribution in [0.4, 0.5) is 14.5 Å². The molecule has 0 fully saturated rings. The predicted molar refractivity (Wildman–Crippen MR) is 132 cm³/mol. The first-order valence-electron chi connectivity index (χ1n) is 11.2. The van der Waals surface area contributed by atoms with Crippen LogP contribution in [0.1, 0.15) is 18.5 Å². The summed E-state index contributed by atoms with van der Waals surface area (Å²) in [5, 5.41) is 20.9. The Morgan fingerprint density at radius 2 is 1.86 bits per heavy atom. The van der Waals surface area contributed by atoms with Crippen molar-refractivity contribution in [1.82, 2.24) is 24.5 Å². The highest BCUT2D eigenvalue weighted by Gasteiger charge is 2.41. The molecule has 0 unspecified atom stereocenters. The Morgan fingerprint density at radius 1 is 1.08 bits per heavy atom. The molecule has 190 valence electrons. The molecule has 3 aromatic carbocycles. The molecule has 0 spiro atoms. The van der Waals surface area contributed by atoms with E-state index >= 15 is 0 Å². The minimum atomic E-state index is -3.79. The second-order valence-corrected chi connectivity index (χ2v) is 10.3. The molecular formula is C25H22F2N6O3S. The lowest BCUT2D eigenvalue weighted by Crippen LogP contribution is -2.40. The van der Waals surface area contributed by atoms with Crippen LogP contribution in [0.15, 0.2) is 90.5 Å². The minimum Gasteiger partial charge on any atom is -0.381 e. The maximum absolute atomic E-state index is 14.9. The quantitative estimate of drug-likeness (QED) is 0.319. The molecule has 37 heavy (non-hydrogen) atoms. The molecule has 0 saturated carbocycles. The Morgan fingerprint density at radius 3 is 2.57 bits per heavy atom. The summed E-state index contributed by atoms with van der Waals surface area (Å²) in [6.45, 7) is 1.46. The van der Waals surface area contributed by atoms with Crippen molar-refractivity contribution in [3.8, 4) is 0 Å². The normalized spacial score (nSPS) is 14.4. The zero-order valence-electron chi connectivity index (χ0n) is 19.5. The van der Waals surface area contributed by atoms with Crippen LogP contribution in [0, 0.1) is 11.6 Å². The minimum absolute atomic E-state index is 0.124. The highest BCUT2D eigenvalue weighted by Crippen LogP contribution is 2.37. The van der Waals surface area contributed by atoms with Crippen molar-refractivity contribution < 1.29 is 22.3 Å². The van der Waals surface area contributed by atoms with E-state index in [4.69, 9.17) is 0 Å². The average molecular weight is 525 g/mol. The van der Waals surface area contributed by atoms with Gasteiger partial charge in [0.25, 0.3) is 10.0 Å². The van der Waals surface area contributed by atoms with Crippen LogP contribution < -0.4 is 4.72 Å². The van der Waals surface area contributed by atoms with Crippen LogP contribution in [-0.2, 0) is 22.2 Å². The third kappa shape index (κ3) is 4.80. The van der Waals surface area contributed by atoms with Gasteiger partial charge in [0, 0.05) is 28.9 Å². The Labute approximate surface area is 211 Å². The van der Waals surface area contributed by atoms with E-state index in [0.717, 1.165) is 6.07 Å². The second-order valence-electron chi connectivity index (χ2n) is 8.62. The number of fused-ring (bicyclic) bond motifs is 1. The van der Waals surface area contributed by atoms with Crippen LogP contribution in [0.2, 0.25) is 0 Å². The topological polar surface area (TPSA) is 115 Å². The summed E-state index contributed by atoms with van der Waals surface area (Å²) < 4.78 is 59.3. The van der Waals surface area contributed by atoms with Gasteiger partial charge in [-0.1, -0.05) is 24.3 Å². The van der Waals surface area contributed by atoms with Crippen LogP contribution >= 0.6 is 0 Å². The van der Waals surface area contributed by atoms with Gasteiger partial charge in [-0.05, 0) is 43.3 Å². The molecule has 0 aliphatic heterocycles. The number of sulfonamides is 1. The first kappa shape index (κ1) is 24.5. The van der Waals surface area contributed by atoms with Crippen molar-refractivity contribution >= 4 is 26.6 Å². The van der Waals surface area contributed by atoms with E-state index in [1.807, 2.05) is 0 Å². The van der Waals surface area contributed by atoms with E-state index in [-0.39, 0.29) is 17.0 Å². The number of aliphatic hydroxyl groups is 1. The monoisotopic (exact) mass is 524 g/mol. The highest BCUT2D eigenvalue weighted by molar-refractivity contribution is 7.92. The molecule has 12 heteroatoms. The fraction of sp³-hybridized carbons (Fsp3) is 0.160. The molecule has 0 amide bonds. The van der Waals surface area contributed by atoms with Crippen LogP contribution in [0.3, 0.4) is 0 Å². The van der Waals surface area contributed by atoms with Crippen LogP contribution in [0.5, 0.6) is 0 Å². The predicted octanol–water partition coefficient (Wildman–Crippen LogP) is 3.86. The maximum Gasteiger partial charge on any atom is 0.261 e. The molecule has 5 aromatic rings. The van der Waals surface area contributed by atoms with E-state index < -0.39 is 33.3 Å². The van der Waals surface area contributed by atoms with E-state index in [9.17, 15) is 22.3 Å². The molecule has 2 N–H and O–H groups in total. The van der Waals surface area contributed by atoms with E-state index in [0.29, 0.717) is 22.7 Å². The van der Waals surface area contributed by atoms with Crippen molar-refractivity contribution in [2.24, 2.45) is 0 Å².